The highest BCUT2D eigenvalue weighted by molar-refractivity contribution is 7.14. The fourth-order valence-electron chi connectivity index (χ4n) is 2.38. The van der Waals surface area contributed by atoms with Crippen molar-refractivity contribution in [2.75, 3.05) is 11.9 Å². The van der Waals surface area contributed by atoms with E-state index in [2.05, 4.69) is 10.3 Å². The molecule has 0 aliphatic heterocycles. The lowest BCUT2D eigenvalue weighted by Gasteiger charge is -2.18. The number of hydrogen-bond donors (Lipinski definition) is 1. The summed E-state index contributed by atoms with van der Waals surface area (Å²) in [5, 5.41) is 4.43. The second-order valence-electron chi connectivity index (χ2n) is 5.10. The molecule has 2 fully saturated rings. The lowest BCUT2D eigenvalue weighted by Crippen LogP contribution is -2.25. The van der Waals surface area contributed by atoms with Crippen molar-refractivity contribution in [2.24, 2.45) is 11.8 Å². The van der Waals surface area contributed by atoms with E-state index in [4.69, 9.17) is 4.74 Å². The Labute approximate surface area is 111 Å². The smallest absolute Gasteiger partial charge is 0.360 e. The molecule has 0 atom stereocenters. The zero-order valence-corrected chi connectivity index (χ0v) is 11.3. The van der Waals surface area contributed by atoms with E-state index >= 15 is 0 Å². The molecule has 5 heteroatoms. The van der Waals surface area contributed by atoms with Gasteiger partial charge in [0.1, 0.15) is 5.00 Å². The number of hydrogen-bond acceptors (Lipinski definition) is 5. The summed E-state index contributed by atoms with van der Waals surface area (Å²) in [7, 11) is 0. The molecule has 0 amide bonds. The third-order valence-electron chi connectivity index (χ3n) is 3.59. The fourth-order valence-corrected chi connectivity index (χ4v) is 3.09. The number of carbonyl (C=O) groups is 1. The Bertz CT molecular complexity index is 426. The van der Waals surface area contributed by atoms with Gasteiger partial charge in [-0.1, -0.05) is 0 Å². The normalized spacial score (nSPS) is 19.0. The van der Waals surface area contributed by atoms with Gasteiger partial charge in [-0.15, -0.1) is 11.3 Å². The van der Waals surface area contributed by atoms with Crippen LogP contribution in [0, 0.1) is 11.8 Å². The van der Waals surface area contributed by atoms with Gasteiger partial charge in [0.2, 0.25) is 0 Å². The number of aromatic nitrogens is 1. The molecule has 1 heterocycles. The Kier molecular flexibility index (Phi) is 3.24. The summed E-state index contributed by atoms with van der Waals surface area (Å²) < 4.78 is 5.03. The lowest BCUT2D eigenvalue weighted by molar-refractivity contribution is 0.0521. The van der Waals surface area contributed by atoms with E-state index in [9.17, 15) is 4.79 Å². The number of ether oxygens (including phenoxy) is 1. The summed E-state index contributed by atoms with van der Waals surface area (Å²) in [6.45, 7) is 2.21. The molecule has 1 aromatic heterocycles. The van der Waals surface area contributed by atoms with Crippen LogP contribution in [0.5, 0.6) is 0 Å². The average Bonchev–Trinajstić information content (AvgIpc) is 3.26. The van der Waals surface area contributed by atoms with Gasteiger partial charge >= 0.3 is 5.97 Å². The van der Waals surface area contributed by atoms with E-state index in [1.807, 2.05) is 6.92 Å². The van der Waals surface area contributed by atoms with Gasteiger partial charge in [-0.2, -0.15) is 0 Å². The highest BCUT2D eigenvalue weighted by Crippen LogP contribution is 2.46. The Morgan fingerprint density at radius 1 is 1.50 bits per heavy atom. The Morgan fingerprint density at radius 3 is 2.72 bits per heavy atom. The molecule has 18 heavy (non-hydrogen) atoms. The van der Waals surface area contributed by atoms with E-state index < -0.39 is 0 Å². The Hall–Kier alpha value is -1.10. The molecule has 2 saturated carbocycles. The van der Waals surface area contributed by atoms with E-state index in [0.717, 1.165) is 16.8 Å². The largest absolute Gasteiger partial charge is 0.461 e. The second-order valence-corrected chi connectivity index (χ2v) is 5.95. The van der Waals surface area contributed by atoms with Crippen molar-refractivity contribution in [3.8, 4) is 0 Å². The van der Waals surface area contributed by atoms with Gasteiger partial charge in [-0.25, -0.2) is 9.78 Å². The van der Waals surface area contributed by atoms with Crippen molar-refractivity contribution < 1.29 is 9.53 Å². The van der Waals surface area contributed by atoms with Crippen LogP contribution in [-0.2, 0) is 4.74 Å². The van der Waals surface area contributed by atoms with Crippen LogP contribution in [0.3, 0.4) is 0 Å². The highest BCUT2D eigenvalue weighted by Gasteiger charge is 2.42. The molecule has 98 valence electrons. The summed E-state index contributed by atoms with van der Waals surface area (Å²) in [4.78, 5) is 15.9. The van der Waals surface area contributed by atoms with Crippen LogP contribution in [0.1, 0.15) is 43.1 Å². The van der Waals surface area contributed by atoms with Crippen molar-refractivity contribution in [3.63, 3.8) is 0 Å². The van der Waals surface area contributed by atoms with Crippen molar-refractivity contribution >= 4 is 22.3 Å². The third-order valence-corrected chi connectivity index (χ3v) is 4.35. The quantitative estimate of drug-likeness (QED) is 0.804. The van der Waals surface area contributed by atoms with Crippen LogP contribution < -0.4 is 5.32 Å². The molecule has 1 aromatic rings. The first-order chi connectivity index (χ1) is 8.79. The van der Waals surface area contributed by atoms with Crippen molar-refractivity contribution in [1.82, 2.24) is 4.98 Å². The SMILES string of the molecule is CCOC(=O)c1ncsc1NC(C1CC1)C1CC1. The van der Waals surface area contributed by atoms with Gasteiger partial charge in [0.05, 0.1) is 12.1 Å². The maximum absolute atomic E-state index is 11.8. The van der Waals surface area contributed by atoms with Gasteiger partial charge in [0, 0.05) is 6.04 Å². The number of anilines is 1. The number of nitrogens with zero attached hydrogens (tertiary/aromatic N) is 1. The van der Waals surface area contributed by atoms with Crippen LogP contribution in [0.15, 0.2) is 5.51 Å². The molecule has 0 aromatic carbocycles. The number of thiazole rings is 1. The predicted octanol–water partition coefficient (Wildman–Crippen LogP) is 2.92. The fraction of sp³-hybridized carbons (Fsp3) is 0.692. The summed E-state index contributed by atoms with van der Waals surface area (Å²) >= 11 is 1.50. The summed E-state index contributed by atoms with van der Waals surface area (Å²) in [6.07, 6.45) is 5.28. The monoisotopic (exact) mass is 266 g/mol. The van der Waals surface area contributed by atoms with Gasteiger partial charge in [-0.05, 0) is 44.4 Å². The van der Waals surface area contributed by atoms with Gasteiger partial charge in [-0.3, -0.25) is 0 Å². The zero-order valence-electron chi connectivity index (χ0n) is 10.5. The topological polar surface area (TPSA) is 51.2 Å². The summed E-state index contributed by atoms with van der Waals surface area (Å²) in [6, 6.07) is 0.540. The maximum atomic E-state index is 11.8. The van der Waals surface area contributed by atoms with Crippen molar-refractivity contribution in [1.29, 1.82) is 0 Å². The molecule has 0 radical (unpaired) electrons. The minimum Gasteiger partial charge on any atom is -0.461 e. The summed E-state index contributed by atoms with van der Waals surface area (Å²) in [5.74, 6) is 1.29. The van der Waals surface area contributed by atoms with Crippen molar-refractivity contribution in [2.45, 2.75) is 38.6 Å². The first-order valence-corrected chi connectivity index (χ1v) is 7.54. The maximum Gasteiger partial charge on any atom is 0.360 e. The molecule has 4 nitrogen and oxygen atoms in total. The molecule has 2 aliphatic carbocycles. The number of esters is 1. The third kappa shape index (κ3) is 2.51. The Balaban J connectivity index is 1.71. The van der Waals surface area contributed by atoms with E-state index in [1.165, 1.54) is 37.0 Å². The number of rotatable bonds is 6. The molecular formula is C13H18N2O2S. The Morgan fingerprint density at radius 2 is 2.17 bits per heavy atom. The molecular weight excluding hydrogens is 248 g/mol. The first kappa shape index (κ1) is 12.0. The summed E-state index contributed by atoms with van der Waals surface area (Å²) in [5.41, 5.74) is 2.17. The highest BCUT2D eigenvalue weighted by atomic mass is 32.1. The van der Waals surface area contributed by atoms with Crippen LogP contribution in [0.4, 0.5) is 5.00 Å². The molecule has 1 N–H and O–H groups in total. The molecule has 3 rings (SSSR count). The van der Waals surface area contributed by atoms with Crippen molar-refractivity contribution in [3.05, 3.63) is 11.2 Å². The second kappa shape index (κ2) is 4.88. The van der Waals surface area contributed by atoms with Gasteiger partial charge < -0.3 is 10.1 Å². The lowest BCUT2D eigenvalue weighted by atomic mass is 10.1. The number of carbonyl (C=O) groups excluding carboxylic acids is 1. The first-order valence-electron chi connectivity index (χ1n) is 6.66. The van der Waals surface area contributed by atoms with Crippen LogP contribution in [0.25, 0.3) is 0 Å². The van der Waals surface area contributed by atoms with Gasteiger partial charge in [0.25, 0.3) is 0 Å². The standard InChI is InChI=1S/C13H18N2O2S/c1-2-17-13(16)11-12(18-7-14-11)15-10(8-3-4-8)9-5-6-9/h7-10,15H,2-6H2,1H3. The van der Waals surface area contributed by atoms with E-state index in [1.54, 1.807) is 5.51 Å². The molecule has 0 saturated heterocycles. The molecule has 0 unspecified atom stereocenters. The number of nitrogens with one attached hydrogen (secondary N) is 1. The molecule has 0 bridgehead atoms. The van der Waals surface area contributed by atoms with Crippen LogP contribution in [-0.4, -0.2) is 23.6 Å². The van der Waals surface area contributed by atoms with Crippen LogP contribution >= 0.6 is 11.3 Å². The van der Waals surface area contributed by atoms with E-state index in [-0.39, 0.29) is 5.97 Å². The minimum absolute atomic E-state index is 0.313. The minimum atomic E-state index is -0.313. The average molecular weight is 266 g/mol. The predicted molar refractivity (Wildman–Crippen MR) is 70.9 cm³/mol. The zero-order chi connectivity index (χ0) is 12.5. The molecule has 0 spiro atoms. The van der Waals surface area contributed by atoms with Gasteiger partial charge in [0.15, 0.2) is 5.69 Å². The van der Waals surface area contributed by atoms with Crippen LogP contribution in [0.2, 0.25) is 0 Å². The van der Waals surface area contributed by atoms with E-state index in [0.29, 0.717) is 18.3 Å². The molecule has 2 aliphatic rings.